The number of carboxylic acids is 1. The minimum absolute atomic E-state index is 0.0645. The Bertz CT molecular complexity index is 558. The van der Waals surface area contributed by atoms with Crippen LogP contribution in [0.5, 0.6) is 0 Å². The van der Waals surface area contributed by atoms with Crippen molar-refractivity contribution >= 4 is 17.7 Å². The highest BCUT2D eigenvalue weighted by Crippen LogP contribution is 2.17. The number of urea groups is 1. The summed E-state index contributed by atoms with van der Waals surface area (Å²) in [6.07, 6.45) is 1.40. The van der Waals surface area contributed by atoms with E-state index in [2.05, 4.69) is 11.9 Å². The number of hydrogen-bond acceptors (Lipinski definition) is 4. The van der Waals surface area contributed by atoms with Gasteiger partial charge in [0.15, 0.2) is 0 Å². The molecule has 1 rings (SSSR count). The fourth-order valence-electron chi connectivity index (χ4n) is 1.66. The van der Waals surface area contributed by atoms with Gasteiger partial charge in [-0.25, -0.2) is 4.79 Å². The van der Waals surface area contributed by atoms with Crippen molar-refractivity contribution in [2.24, 2.45) is 0 Å². The minimum Gasteiger partial charge on any atom is -0.480 e. The number of carbonyl (C=O) groups is 2. The van der Waals surface area contributed by atoms with Gasteiger partial charge < -0.3 is 15.3 Å². The van der Waals surface area contributed by atoms with Crippen LogP contribution in [0.25, 0.3) is 0 Å². The number of carboxylic acid groups (broad SMARTS) is 1. The lowest BCUT2D eigenvalue weighted by Crippen LogP contribution is -2.42. The molecule has 1 aromatic rings. The summed E-state index contributed by atoms with van der Waals surface area (Å²) in [4.78, 5) is 33.8. The van der Waals surface area contributed by atoms with Gasteiger partial charge in [0.25, 0.3) is 5.69 Å². The fourth-order valence-corrected chi connectivity index (χ4v) is 1.66. The van der Waals surface area contributed by atoms with Crippen molar-refractivity contribution < 1.29 is 19.6 Å². The van der Waals surface area contributed by atoms with Crippen LogP contribution in [0, 0.1) is 10.1 Å². The van der Waals surface area contributed by atoms with Crippen LogP contribution in [0.15, 0.2) is 36.9 Å². The van der Waals surface area contributed by atoms with E-state index in [-0.39, 0.29) is 18.8 Å². The van der Waals surface area contributed by atoms with Crippen molar-refractivity contribution in [2.45, 2.75) is 6.54 Å². The molecule has 8 heteroatoms. The van der Waals surface area contributed by atoms with Crippen molar-refractivity contribution in [3.63, 3.8) is 0 Å². The normalized spacial score (nSPS) is 9.71. The number of nitro groups is 1. The molecule has 0 saturated carbocycles. The van der Waals surface area contributed by atoms with Crippen LogP contribution in [0.3, 0.4) is 0 Å². The summed E-state index contributed by atoms with van der Waals surface area (Å²) in [6.45, 7) is 2.96. The molecular weight excluding hydrogens is 278 g/mol. The molecule has 0 spiro atoms. The molecule has 21 heavy (non-hydrogen) atoms. The highest BCUT2D eigenvalue weighted by atomic mass is 16.6. The Labute approximate surface area is 120 Å². The molecule has 0 aromatic heterocycles. The number of rotatable bonds is 7. The van der Waals surface area contributed by atoms with Gasteiger partial charge in [0.1, 0.15) is 6.54 Å². The van der Waals surface area contributed by atoms with E-state index in [0.717, 1.165) is 4.90 Å². The lowest BCUT2D eigenvalue weighted by Gasteiger charge is -2.19. The quantitative estimate of drug-likeness (QED) is 0.448. The molecule has 112 valence electrons. The third-order valence-electron chi connectivity index (χ3n) is 2.58. The van der Waals surface area contributed by atoms with E-state index < -0.39 is 23.5 Å². The maximum atomic E-state index is 11.9. The molecule has 0 atom stereocenters. The summed E-state index contributed by atoms with van der Waals surface area (Å²) in [5, 5.41) is 22.0. The average Bonchev–Trinajstić information content (AvgIpc) is 2.44. The van der Waals surface area contributed by atoms with Crippen molar-refractivity contribution in [3.05, 3.63) is 52.6 Å². The summed E-state index contributed by atoms with van der Waals surface area (Å²) in [5.41, 5.74) is 0.232. The first-order chi connectivity index (χ1) is 9.95. The number of hydrogen-bond donors (Lipinski definition) is 2. The van der Waals surface area contributed by atoms with Crippen LogP contribution in [0.2, 0.25) is 0 Å². The third kappa shape index (κ3) is 4.94. The summed E-state index contributed by atoms with van der Waals surface area (Å²) in [5.74, 6) is -1.15. The monoisotopic (exact) mass is 293 g/mol. The van der Waals surface area contributed by atoms with Crippen molar-refractivity contribution in [3.8, 4) is 0 Å². The Morgan fingerprint density at radius 1 is 1.43 bits per heavy atom. The van der Waals surface area contributed by atoms with Crippen LogP contribution in [-0.4, -0.2) is 40.0 Å². The van der Waals surface area contributed by atoms with Crippen molar-refractivity contribution in [1.29, 1.82) is 0 Å². The lowest BCUT2D eigenvalue weighted by atomic mass is 10.2. The predicted molar refractivity (Wildman–Crippen MR) is 74.7 cm³/mol. The van der Waals surface area contributed by atoms with E-state index >= 15 is 0 Å². The molecule has 0 radical (unpaired) electrons. The number of carbonyl (C=O) groups excluding carboxylic acids is 1. The third-order valence-corrected chi connectivity index (χ3v) is 2.58. The molecule has 0 bridgehead atoms. The molecule has 1 aromatic carbocycles. The lowest BCUT2D eigenvalue weighted by molar-refractivity contribution is -0.385. The smallest absolute Gasteiger partial charge is 0.323 e. The van der Waals surface area contributed by atoms with Crippen LogP contribution >= 0.6 is 0 Å². The van der Waals surface area contributed by atoms with E-state index in [9.17, 15) is 19.7 Å². The van der Waals surface area contributed by atoms with Gasteiger partial charge in [0, 0.05) is 18.2 Å². The van der Waals surface area contributed by atoms with Gasteiger partial charge in [-0.1, -0.05) is 24.3 Å². The van der Waals surface area contributed by atoms with Crippen molar-refractivity contribution in [2.75, 3.05) is 13.1 Å². The van der Waals surface area contributed by atoms with E-state index in [1.165, 1.54) is 24.3 Å². The van der Waals surface area contributed by atoms with Gasteiger partial charge in [-0.15, -0.1) is 6.58 Å². The molecule has 0 heterocycles. The van der Waals surface area contributed by atoms with Gasteiger partial charge in [-0.3, -0.25) is 14.9 Å². The molecule has 0 fully saturated rings. The van der Waals surface area contributed by atoms with E-state index in [0.29, 0.717) is 5.56 Å². The summed E-state index contributed by atoms with van der Waals surface area (Å²) < 4.78 is 0. The molecule has 2 N–H and O–H groups in total. The number of nitrogens with zero attached hydrogens (tertiary/aromatic N) is 2. The Hall–Kier alpha value is -2.90. The average molecular weight is 293 g/mol. The number of aliphatic carboxylic acids is 1. The number of benzene rings is 1. The van der Waals surface area contributed by atoms with Gasteiger partial charge in [-0.2, -0.15) is 0 Å². The van der Waals surface area contributed by atoms with Gasteiger partial charge in [0.05, 0.1) is 11.5 Å². The minimum atomic E-state index is -1.15. The second kappa shape index (κ2) is 7.63. The second-order valence-corrected chi connectivity index (χ2v) is 4.11. The summed E-state index contributed by atoms with van der Waals surface area (Å²) in [6, 6.07) is 5.37. The molecule has 0 aliphatic heterocycles. The molecule has 0 saturated heterocycles. The Balaban J connectivity index is 2.73. The van der Waals surface area contributed by atoms with Crippen LogP contribution in [0.4, 0.5) is 10.5 Å². The zero-order valence-electron chi connectivity index (χ0n) is 11.2. The largest absolute Gasteiger partial charge is 0.480 e. The van der Waals surface area contributed by atoms with Crippen molar-refractivity contribution in [1.82, 2.24) is 10.2 Å². The molecule has 0 unspecified atom stereocenters. The van der Waals surface area contributed by atoms with E-state index in [1.54, 1.807) is 6.07 Å². The maximum Gasteiger partial charge on any atom is 0.323 e. The molecule has 8 nitrogen and oxygen atoms in total. The Morgan fingerprint density at radius 2 is 2.10 bits per heavy atom. The summed E-state index contributed by atoms with van der Waals surface area (Å²) in [7, 11) is 0. The maximum absolute atomic E-state index is 11.9. The highest BCUT2D eigenvalue weighted by Gasteiger charge is 2.17. The Kier molecular flexibility index (Phi) is 5.87. The highest BCUT2D eigenvalue weighted by molar-refractivity contribution is 5.80. The number of nitro benzene ring substituents is 1. The first-order valence-corrected chi connectivity index (χ1v) is 6.03. The van der Waals surface area contributed by atoms with Crippen LogP contribution in [0.1, 0.15) is 5.56 Å². The first-order valence-electron chi connectivity index (χ1n) is 6.03. The molecular formula is C13H15N3O5. The SMILES string of the molecule is C=CCN(CC(=O)O)C(=O)NCc1ccccc1[N+](=O)[O-]. The molecule has 0 aliphatic carbocycles. The van der Waals surface area contributed by atoms with E-state index in [1.807, 2.05) is 0 Å². The first kappa shape index (κ1) is 16.2. The zero-order chi connectivity index (χ0) is 15.8. The van der Waals surface area contributed by atoms with Gasteiger partial charge >= 0.3 is 12.0 Å². The zero-order valence-corrected chi connectivity index (χ0v) is 11.2. The number of nitrogens with one attached hydrogen (secondary N) is 1. The number of para-hydroxylation sites is 1. The van der Waals surface area contributed by atoms with Gasteiger partial charge in [0.2, 0.25) is 0 Å². The summed E-state index contributed by atoms with van der Waals surface area (Å²) >= 11 is 0. The number of amides is 2. The fraction of sp³-hybridized carbons (Fsp3) is 0.231. The second-order valence-electron chi connectivity index (χ2n) is 4.11. The topological polar surface area (TPSA) is 113 Å². The predicted octanol–water partition coefficient (Wildman–Crippen LogP) is 1.38. The van der Waals surface area contributed by atoms with Crippen LogP contribution < -0.4 is 5.32 Å². The molecule has 0 aliphatic rings. The molecule has 2 amide bonds. The van der Waals surface area contributed by atoms with Gasteiger partial charge in [-0.05, 0) is 0 Å². The standard InChI is InChI=1S/C13H15N3O5/c1-2-7-15(9-12(17)18)13(19)14-8-10-5-3-4-6-11(10)16(20)21/h2-6H,1,7-9H2,(H,14,19)(H,17,18). The Morgan fingerprint density at radius 3 is 2.67 bits per heavy atom. The van der Waals surface area contributed by atoms with E-state index in [4.69, 9.17) is 5.11 Å². The van der Waals surface area contributed by atoms with Crippen LogP contribution in [-0.2, 0) is 11.3 Å².